The van der Waals surface area contributed by atoms with Crippen LogP contribution in [0.1, 0.15) is 36.8 Å². The maximum absolute atomic E-state index is 12.4. The zero-order chi connectivity index (χ0) is 22.3. The maximum Gasteiger partial charge on any atom is 0.258 e. The highest BCUT2D eigenvalue weighted by Gasteiger charge is 2.34. The Morgan fingerprint density at radius 3 is 2.81 bits per heavy atom. The van der Waals surface area contributed by atoms with Crippen molar-refractivity contribution in [3.05, 3.63) is 66.5 Å². The van der Waals surface area contributed by atoms with E-state index >= 15 is 0 Å². The molecule has 1 saturated carbocycles. The minimum Gasteiger partial charge on any atom is -0.484 e. The highest BCUT2D eigenvalue weighted by Crippen LogP contribution is 2.33. The van der Waals surface area contributed by atoms with Crippen molar-refractivity contribution in [3.63, 3.8) is 0 Å². The van der Waals surface area contributed by atoms with E-state index in [4.69, 9.17) is 14.5 Å². The average Bonchev–Trinajstić information content (AvgIpc) is 3.25. The van der Waals surface area contributed by atoms with Gasteiger partial charge in [0.15, 0.2) is 12.4 Å². The van der Waals surface area contributed by atoms with Crippen LogP contribution in [0.25, 0.3) is 5.69 Å². The zero-order valence-corrected chi connectivity index (χ0v) is 17.9. The summed E-state index contributed by atoms with van der Waals surface area (Å²) in [5.74, 6) is 1.72. The van der Waals surface area contributed by atoms with Crippen LogP contribution in [0.15, 0.2) is 54.9 Å². The van der Waals surface area contributed by atoms with E-state index in [-0.39, 0.29) is 18.4 Å². The zero-order valence-electron chi connectivity index (χ0n) is 17.9. The lowest BCUT2D eigenvalue weighted by Gasteiger charge is -2.33. The van der Waals surface area contributed by atoms with Crippen molar-refractivity contribution in [2.75, 3.05) is 13.7 Å². The first-order valence-electron chi connectivity index (χ1n) is 10.6. The van der Waals surface area contributed by atoms with E-state index in [1.807, 2.05) is 30.3 Å². The Morgan fingerprint density at radius 2 is 2.06 bits per heavy atom. The third-order valence-electron chi connectivity index (χ3n) is 5.48. The number of nitrogens with one attached hydrogen (secondary N) is 1. The lowest BCUT2D eigenvalue weighted by molar-refractivity contribution is -0.125. The fourth-order valence-electron chi connectivity index (χ4n) is 3.95. The van der Waals surface area contributed by atoms with Crippen LogP contribution in [0.4, 0.5) is 0 Å². The molecule has 2 heterocycles. The third kappa shape index (κ3) is 5.30. The van der Waals surface area contributed by atoms with Crippen molar-refractivity contribution in [1.29, 1.82) is 0 Å². The normalized spacial score (nSPS) is 20.6. The van der Waals surface area contributed by atoms with Crippen molar-refractivity contribution >= 4 is 5.91 Å². The van der Waals surface area contributed by atoms with Crippen LogP contribution in [0.5, 0.6) is 5.75 Å². The van der Waals surface area contributed by atoms with Gasteiger partial charge >= 0.3 is 0 Å². The van der Waals surface area contributed by atoms with Gasteiger partial charge < -0.3 is 19.9 Å². The average molecular weight is 438 g/mol. The topological polar surface area (TPSA) is 111 Å². The number of aliphatic hydroxyl groups excluding tert-OH is 1. The van der Waals surface area contributed by atoms with Crippen molar-refractivity contribution in [2.24, 2.45) is 0 Å². The molecule has 2 N–H and O–H groups in total. The predicted molar refractivity (Wildman–Crippen MR) is 116 cm³/mol. The van der Waals surface area contributed by atoms with Crippen LogP contribution in [0.3, 0.4) is 0 Å². The molecule has 1 amide bonds. The van der Waals surface area contributed by atoms with Crippen LogP contribution in [0, 0.1) is 0 Å². The van der Waals surface area contributed by atoms with Crippen molar-refractivity contribution in [3.8, 4) is 11.4 Å². The van der Waals surface area contributed by atoms with Gasteiger partial charge in [0.25, 0.3) is 5.91 Å². The number of rotatable bonds is 8. The first-order chi connectivity index (χ1) is 15.6. The van der Waals surface area contributed by atoms with E-state index in [0.717, 1.165) is 17.9 Å². The molecule has 1 aromatic carbocycles. The number of benzene rings is 1. The minimum absolute atomic E-state index is 0.0112. The molecule has 0 aliphatic heterocycles. The quantitative estimate of drug-likeness (QED) is 0.554. The van der Waals surface area contributed by atoms with Crippen LogP contribution >= 0.6 is 0 Å². The summed E-state index contributed by atoms with van der Waals surface area (Å²) in [7, 11) is 1.60. The monoisotopic (exact) mass is 437 g/mol. The summed E-state index contributed by atoms with van der Waals surface area (Å²) in [5.41, 5.74) is 0.806. The Bertz CT molecular complexity index is 1010. The number of methoxy groups -OCH3 is 1. The van der Waals surface area contributed by atoms with Crippen molar-refractivity contribution < 1.29 is 19.4 Å². The molecule has 0 unspecified atom stereocenters. The number of carbonyl (C=O) groups is 1. The van der Waals surface area contributed by atoms with Gasteiger partial charge in [-0.15, -0.1) is 5.10 Å². The first-order valence-corrected chi connectivity index (χ1v) is 10.6. The van der Waals surface area contributed by atoms with E-state index in [0.29, 0.717) is 31.0 Å². The third-order valence-corrected chi connectivity index (χ3v) is 5.48. The second-order valence-electron chi connectivity index (χ2n) is 7.80. The Labute approximate surface area is 186 Å². The highest BCUT2D eigenvalue weighted by molar-refractivity contribution is 5.78. The Morgan fingerprint density at radius 1 is 1.22 bits per heavy atom. The molecule has 1 aliphatic rings. The summed E-state index contributed by atoms with van der Waals surface area (Å²) in [4.78, 5) is 21.3. The van der Waals surface area contributed by atoms with Gasteiger partial charge in [-0.05, 0) is 43.5 Å². The number of nitrogens with zero attached hydrogens (tertiary/aromatic N) is 4. The number of aliphatic hydroxyl groups is 1. The minimum atomic E-state index is -0.625. The molecular formula is C23H27N5O4. The molecular weight excluding hydrogens is 410 g/mol. The van der Waals surface area contributed by atoms with Crippen LogP contribution < -0.4 is 10.1 Å². The van der Waals surface area contributed by atoms with Gasteiger partial charge in [-0.2, -0.15) is 0 Å². The van der Waals surface area contributed by atoms with Gasteiger partial charge in [-0.3, -0.25) is 9.78 Å². The fourth-order valence-corrected chi connectivity index (χ4v) is 3.95. The SMILES string of the molecule is COCc1nc([C@H]2CC[C@@H](O)[C@H](NC(=O)COc3ccccc3)C2)n(-c2cccnc2)n1. The molecule has 2 aromatic heterocycles. The summed E-state index contributed by atoms with van der Waals surface area (Å²) < 4.78 is 12.5. The Hall–Kier alpha value is -3.30. The molecule has 9 heteroatoms. The largest absolute Gasteiger partial charge is 0.484 e. The molecule has 3 atom stereocenters. The maximum atomic E-state index is 12.4. The van der Waals surface area contributed by atoms with E-state index in [1.54, 1.807) is 36.3 Å². The molecule has 168 valence electrons. The molecule has 1 aliphatic carbocycles. The number of ether oxygens (including phenoxy) is 2. The highest BCUT2D eigenvalue weighted by atomic mass is 16.5. The predicted octanol–water partition coefficient (Wildman–Crippen LogP) is 2.00. The molecule has 3 aromatic rings. The molecule has 0 bridgehead atoms. The first kappa shape index (κ1) is 21.9. The molecule has 0 radical (unpaired) electrons. The second-order valence-corrected chi connectivity index (χ2v) is 7.80. The molecule has 0 saturated heterocycles. The summed E-state index contributed by atoms with van der Waals surface area (Å²) in [6.07, 6.45) is 4.64. The van der Waals surface area contributed by atoms with Gasteiger partial charge in [0, 0.05) is 19.2 Å². The number of hydrogen-bond acceptors (Lipinski definition) is 7. The number of pyridine rings is 1. The van der Waals surface area contributed by atoms with Crippen LogP contribution in [0.2, 0.25) is 0 Å². The van der Waals surface area contributed by atoms with E-state index in [9.17, 15) is 9.90 Å². The van der Waals surface area contributed by atoms with Crippen LogP contribution in [-0.2, 0) is 16.1 Å². The number of amides is 1. The van der Waals surface area contributed by atoms with Gasteiger partial charge in [0.05, 0.1) is 24.0 Å². The Kier molecular flexibility index (Phi) is 7.08. The molecule has 1 fully saturated rings. The Balaban J connectivity index is 1.46. The van der Waals surface area contributed by atoms with E-state index in [2.05, 4.69) is 15.4 Å². The molecule has 9 nitrogen and oxygen atoms in total. The van der Waals surface area contributed by atoms with Gasteiger partial charge in [-0.1, -0.05) is 18.2 Å². The molecule has 32 heavy (non-hydrogen) atoms. The van der Waals surface area contributed by atoms with Gasteiger partial charge in [-0.25, -0.2) is 9.67 Å². The van der Waals surface area contributed by atoms with Crippen LogP contribution in [-0.4, -0.2) is 56.6 Å². The summed E-state index contributed by atoms with van der Waals surface area (Å²) in [6, 6.07) is 12.5. The number of aromatic nitrogens is 4. The van der Waals surface area contributed by atoms with Crippen molar-refractivity contribution in [2.45, 2.75) is 43.9 Å². The van der Waals surface area contributed by atoms with E-state index in [1.165, 1.54) is 0 Å². The second kappa shape index (κ2) is 10.3. The van der Waals surface area contributed by atoms with Gasteiger partial charge in [0.1, 0.15) is 18.2 Å². The van der Waals surface area contributed by atoms with Gasteiger partial charge in [0.2, 0.25) is 0 Å². The lowest BCUT2D eigenvalue weighted by atomic mass is 9.83. The summed E-state index contributed by atoms with van der Waals surface area (Å²) in [6.45, 7) is 0.189. The lowest BCUT2D eigenvalue weighted by Crippen LogP contribution is -2.48. The number of para-hydroxylation sites is 1. The number of hydrogen-bond donors (Lipinski definition) is 2. The fraction of sp³-hybridized carbons (Fsp3) is 0.391. The van der Waals surface area contributed by atoms with Crippen molar-refractivity contribution in [1.82, 2.24) is 25.1 Å². The summed E-state index contributed by atoms with van der Waals surface area (Å²) in [5, 5.41) is 18.0. The smallest absolute Gasteiger partial charge is 0.258 e. The summed E-state index contributed by atoms with van der Waals surface area (Å²) >= 11 is 0. The van der Waals surface area contributed by atoms with E-state index < -0.39 is 12.1 Å². The standard InChI is InChI=1S/C23H27N5O4/c1-31-14-21-26-23(28(27-21)17-6-5-11-24-13-17)16-9-10-20(29)19(12-16)25-22(30)15-32-18-7-3-2-4-8-18/h2-8,11,13,16,19-20,29H,9-10,12,14-15H2,1H3,(H,25,30)/t16-,19+,20+/m0/s1. The molecule has 0 spiro atoms. The number of carbonyl (C=O) groups excluding carboxylic acids is 1. The molecule has 4 rings (SSSR count).